The molecule has 1 amide bonds. The van der Waals surface area contributed by atoms with Crippen molar-refractivity contribution in [1.29, 1.82) is 0 Å². The Morgan fingerprint density at radius 3 is 2.52 bits per heavy atom. The molecular formula is C20H16ClN5O. The molecular weight excluding hydrogens is 362 g/mol. The molecule has 0 radical (unpaired) electrons. The van der Waals surface area contributed by atoms with Crippen LogP contribution in [-0.2, 0) is 0 Å². The van der Waals surface area contributed by atoms with Gasteiger partial charge in [0.15, 0.2) is 0 Å². The Morgan fingerprint density at radius 2 is 1.81 bits per heavy atom. The Labute approximate surface area is 160 Å². The standard InChI is InChI=1S/C20H16ClN5O/c1-12-13(2)24-18-9-14(3-5-17(18)23-12)20(27)25-15-4-6-19(16(21)10-15)26-8-7-22-11-26/h3-11H,1-2H3,(H,25,27). The van der Waals surface area contributed by atoms with Gasteiger partial charge in [0, 0.05) is 23.6 Å². The van der Waals surface area contributed by atoms with E-state index in [0.717, 1.165) is 22.6 Å². The van der Waals surface area contributed by atoms with E-state index in [2.05, 4.69) is 20.3 Å². The molecule has 0 atom stereocenters. The van der Waals surface area contributed by atoms with Crippen LogP contribution in [0.25, 0.3) is 16.7 Å². The van der Waals surface area contributed by atoms with E-state index in [1.54, 1.807) is 53.6 Å². The first-order chi connectivity index (χ1) is 13.0. The average molecular weight is 378 g/mol. The largest absolute Gasteiger partial charge is 0.322 e. The summed E-state index contributed by atoms with van der Waals surface area (Å²) in [5, 5.41) is 3.38. The quantitative estimate of drug-likeness (QED) is 0.576. The van der Waals surface area contributed by atoms with Crippen molar-refractivity contribution >= 4 is 34.2 Å². The maximum absolute atomic E-state index is 12.6. The van der Waals surface area contributed by atoms with E-state index >= 15 is 0 Å². The number of hydrogen-bond acceptors (Lipinski definition) is 4. The van der Waals surface area contributed by atoms with Gasteiger partial charge in [-0.05, 0) is 50.2 Å². The molecule has 0 aliphatic rings. The minimum atomic E-state index is -0.233. The van der Waals surface area contributed by atoms with Gasteiger partial charge in [-0.15, -0.1) is 0 Å². The van der Waals surface area contributed by atoms with Gasteiger partial charge in [-0.3, -0.25) is 4.79 Å². The van der Waals surface area contributed by atoms with Crippen molar-refractivity contribution in [3.63, 3.8) is 0 Å². The van der Waals surface area contributed by atoms with Crippen LogP contribution in [0.2, 0.25) is 5.02 Å². The van der Waals surface area contributed by atoms with E-state index in [0.29, 0.717) is 21.8 Å². The van der Waals surface area contributed by atoms with Crippen LogP contribution in [0.15, 0.2) is 55.1 Å². The first-order valence-electron chi connectivity index (χ1n) is 8.35. The van der Waals surface area contributed by atoms with Crippen LogP contribution in [0.3, 0.4) is 0 Å². The number of hydrogen-bond donors (Lipinski definition) is 1. The van der Waals surface area contributed by atoms with Crippen molar-refractivity contribution in [2.45, 2.75) is 13.8 Å². The van der Waals surface area contributed by atoms with E-state index in [1.807, 2.05) is 19.9 Å². The molecule has 0 saturated carbocycles. The molecule has 1 N–H and O–H groups in total. The molecule has 0 aliphatic heterocycles. The molecule has 0 fully saturated rings. The van der Waals surface area contributed by atoms with Crippen molar-refractivity contribution in [1.82, 2.24) is 19.5 Å². The van der Waals surface area contributed by atoms with Crippen LogP contribution in [0.1, 0.15) is 21.7 Å². The Bertz CT molecular complexity index is 1150. The lowest BCUT2D eigenvalue weighted by atomic mass is 10.1. The van der Waals surface area contributed by atoms with Crippen molar-refractivity contribution in [3.05, 3.63) is 77.1 Å². The van der Waals surface area contributed by atoms with Gasteiger partial charge in [-0.25, -0.2) is 15.0 Å². The number of rotatable bonds is 3. The molecule has 27 heavy (non-hydrogen) atoms. The summed E-state index contributed by atoms with van der Waals surface area (Å²) in [6.07, 6.45) is 5.15. The topological polar surface area (TPSA) is 72.7 Å². The van der Waals surface area contributed by atoms with Crippen LogP contribution in [0.4, 0.5) is 5.69 Å². The molecule has 134 valence electrons. The third kappa shape index (κ3) is 3.39. The third-order valence-electron chi connectivity index (χ3n) is 4.33. The molecule has 0 bridgehead atoms. The number of anilines is 1. The Morgan fingerprint density at radius 1 is 1.04 bits per heavy atom. The fraction of sp³-hybridized carbons (Fsp3) is 0.100. The zero-order valence-electron chi connectivity index (χ0n) is 14.8. The molecule has 0 spiro atoms. The molecule has 2 aromatic heterocycles. The number of carbonyl (C=O) groups excluding carboxylic acids is 1. The van der Waals surface area contributed by atoms with Crippen molar-refractivity contribution in [2.24, 2.45) is 0 Å². The lowest BCUT2D eigenvalue weighted by Gasteiger charge is -2.10. The maximum Gasteiger partial charge on any atom is 0.255 e. The lowest BCUT2D eigenvalue weighted by molar-refractivity contribution is 0.102. The van der Waals surface area contributed by atoms with Crippen molar-refractivity contribution in [2.75, 3.05) is 5.32 Å². The summed E-state index contributed by atoms with van der Waals surface area (Å²) in [6.45, 7) is 3.82. The van der Waals surface area contributed by atoms with Gasteiger partial charge in [0.05, 0.1) is 39.5 Å². The van der Waals surface area contributed by atoms with E-state index in [9.17, 15) is 4.79 Å². The van der Waals surface area contributed by atoms with Crippen LogP contribution < -0.4 is 5.32 Å². The average Bonchev–Trinajstić information content (AvgIpc) is 3.17. The summed E-state index contributed by atoms with van der Waals surface area (Å²) in [5.74, 6) is -0.233. The zero-order valence-corrected chi connectivity index (χ0v) is 15.5. The molecule has 2 heterocycles. The monoisotopic (exact) mass is 377 g/mol. The minimum absolute atomic E-state index is 0.233. The van der Waals surface area contributed by atoms with Gasteiger partial charge >= 0.3 is 0 Å². The first kappa shape index (κ1) is 17.2. The van der Waals surface area contributed by atoms with Crippen LogP contribution in [-0.4, -0.2) is 25.4 Å². The molecule has 4 aromatic rings. The van der Waals surface area contributed by atoms with E-state index in [1.165, 1.54) is 0 Å². The SMILES string of the molecule is Cc1nc2ccc(C(=O)Nc3ccc(-n4ccnc4)c(Cl)c3)cc2nc1C. The molecule has 7 heteroatoms. The van der Waals surface area contributed by atoms with Crippen LogP contribution in [0.5, 0.6) is 0 Å². The van der Waals surface area contributed by atoms with E-state index in [4.69, 9.17) is 11.6 Å². The summed E-state index contributed by atoms with van der Waals surface area (Å²) in [5.41, 5.74) is 5.10. The molecule has 2 aromatic carbocycles. The van der Waals surface area contributed by atoms with E-state index < -0.39 is 0 Å². The second-order valence-corrected chi connectivity index (χ2v) is 6.60. The number of fused-ring (bicyclic) bond motifs is 1. The van der Waals surface area contributed by atoms with E-state index in [-0.39, 0.29) is 5.91 Å². The predicted octanol–water partition coefficient (Wildman–Crippen LogP) is 4.34. The van der Waals surface area contributed by atoms with Gasteiger partial charge in [-0.2, -0.15) is 0 Å². The summed E-state index contributed by atoms with van der Waals surface area (Å²) in [6, 6.07) is 10.6. The highest BCUT2D eigenvalue weighted by molar-refractivity contribution is 6.32. The third-order valence-corrected chi connectivity index (χ3v) is 4.63. The second-order valence-electron chi connectivity index (χ2n) is 6.19. The van der Waals surface area contributed by atoms with Gasteiger partial charge in [-0.1, -0.05) is 11.6 Å². The van der Waals surface area contributed by atoms with Gasteiger partial charge < -0.3 is 9.88 Å². The Balaban J connectivity index is 1.59. The molecule has 0 aliphatic carbocycles. The number of benzene rings is 2. The number of aromatic nitrogens is 4. The number of nitrogens with one attached hydrogen (secondary N) is 1. The highest BCUT2D eigenvalue weighted by Crippen LogP contribution is 2.25. The van der Waals surface area contributed by atoms with Crippen LogP contribution >= 0.6 is 11.6 Å². The highest BCUT2D eigenvalue weighted by Gasteiger charge is 2.11. The van der Waals surface area contributed by atoms with Crippen molar-refractivity contribution < 1.29 is 4.79 Å². The Hall–Kier alpha value is -3.25. The van der Waals surface area contributed by atoms with Gasteiger partial charge in [0.25, 0.3) is 5.91 Å². The number of imidazole rings is 1. The minimum Gasteiger partial charge on any atom is -0.322 e. The first-order valence-corrected chi connectivity index (χ1v) is 8.73. The predicted molar refractivity (Wildman–Crippen MR) is 106 cm³/mol. The second kappa shape index (κ2) is 6.81. The number of amides is 1. The molecule has 0 saturated heterocycles. The highest BCUT2D eigenvalue weighted by atomic mass is 35.5. The van der Waals surface area contributed by atoms with Crippen LogP contribution in [0, 0.1) is 13.8 Å². The Kier molecular flexibility index (Phi) is 4.33. The summed E-state index contributed by atoms with van der Waals surface area (Å²) in [7, 11) is 0. The van der Waals surface area contributed by atoms with Gasteiger partial charge in [0.1, 0.15) is 0 Å². The zero-order chi connectivity index (χ0) is 19.0. The normalized spacial score (nSPS) is 10.9. The fourth-order valence-corrected chi connectivity index (χ4v) is 3.05. The lowest BCUT2D eigenvalue weighted by Crippen LogP contribution is -2.12. The number of nitrogens with zero attached hydrogens (tertiary/aromatic N) is 4. The number of aryl methyl sites for hydroxylation is 2. The number of halogens is 1. The smallest absolute Gasteiger partial charge is 0.255 e. The number of carbonyl (C=O) groups is 1. The summed E-state index contributed by atoms with van der Waals surface area (Å²) in [4.78, 5) is 25.6. The fourth-order valence-electron chi connectivity index (χ4n) is 2.77. The summed E-state index contributed by atoms with van der Waals surface area (Å²) < 4.78 is 1.81. The maximum atomic E-state index is 12.6. The molecule has 4 rings (SSSR count). The summed E-state index contributed by atoms with van der Waals surface area (Å²) >= 11 is 6.34. The molecule has 0 unspecified atom stereocenters. The van der Waals surface area contributed by atoms with Crippen molar-refractivity contribution in [3.8, 4) is 5.69 Å². The van der Waals surface area contributed by atoms with Gasteiger partial charge in [0.2, 0.25) is 0 Å². The molecule has 6 nitrogen and oxygen atoms in total.